The summed E-state index contributed by atoms with van der Waals surface area (Å²) >= 11 is 0. The van der Waals surface area contributed by atoms with Crippen LogP contribution in [0.5, 0.6) is 0 Å². The van der Waals surface area contributed by atoms with Gasteiger partial charge in [-0.3, -0.25) is 0 Å². The molecule has 0 N–H and O–H groups in total. The third kappa shape index (κ3) is 4.44. The van der Waals surface area contributed by atoms with Crippen molar-refractivity contribution in [3.05, 3.63) is 133 Å². The molecule has 6 rings (SSSR count). The van der Waals surface area contributed by atoms with Gasteiger partial charge in [-0.2, -0.15) is 0 Å². The molecule has 0 saturated carbocycles. The molecule has 2 aliphatic carbocycles. The SMILES string of the molecule is C1=CCC(C[n+]2ccn(Cc3cccc4cccc(Cn5cc[n+](CC6=CC=CC6)c5)c34)c2)=C1. The van der Waals surface area contributed by atoms with Gasteiger partial charge in [-0.1, -0.05) is 72.9 Å². The van der Waals surface area contributed by atoms with Crippen molar-refractivity contribution in [3.63, 3.8) is 0 Å². The first-order chi connectivity index (χ1) is 16.8. The minimum Gasteiger partial charge on any atom is -0.233 e. The molecule has 4 aromatic rings. The van der Waals surface area contributed by atoms with Crippen molar-refractivity contribution in [3.8, 4) is 0 Å². The first kappa shape index (κ1) is 20.7. The van der Waals surface area contributed by atoms with Gasteiger partial charge in [0.1, 0.15) is 51.0 Å². The Morgan fingerprint density at radius 1 is 0.676 bits per heavy atom. The number of fused-ring (bicyclic) bond motifs is 1. The molecule has 0 unspecified atom stereocenters. The number of hydrogen-bond donors (Lipinski definition) is 0. The van der Waals surface area contributed by atoms with Crippen molar-refractivity contribution in [2.24, 2.45) is 0 Å². The van der Waals surface area contributed by atoms with Crippen LogP contribution >= 0.6 is 0 Å². The third-order valence-corrected chi connectivity index (χ3v) is 6.74. The molecule has 0 bridgehead atoms. The fourth-order valence-electron chi connectivity index (χ4n) is 5.10. The van der Waals surface area contributed by atoms with E-state index in [9.17, 15) is 0 Å². The van der Waals surface area contributed by atoms with Crippen LogP contribution in [0.2, 0.25) is 0 Å². The maximum Gasteiger partial charge on any atom is 0.244 e. The van der Waals surface area contributed by atoms with Crippen molar-refractivity contribution in [1.82, 2.24) is 9.13 Å². The quantitative estimate of drug-likeness (QED) is 0.343. The van der Waals surface area contributed by atoms with E-state index < -0.39 is 0 Å². The van der Waals surface area contributed by atoms with Crippen molar-refractivity contribution in [2.75, 3.05) is 0 Å². The lowest BCUT2D eigenvalue weighted by atomic mass is 9.99. The van der Waals surface area contributed by atoms with E-state index in [0.717, 1.165) is 39.0 Å². The second kappa shape index (κ2) is 9.14. The van der Waals surface area contributed by atoms with Crippen LogP contribution in [0.1, 0.15) is 24.0 Å². The Labute approximate surface area is 200 Å². The molecule has 4 nitrogen and oxygen atoms in total. The highest BCUT2D eigenvalue weighted by Gasteiger charge is 2.14. The van der Waals surface area contributed by atoms with Crippen LogP contribution in [0.15, 0.2) is 121 Å². The van der Waals surface area contributed by atoms with E-state index in [4.69, 9.17) is 0 Å². The van der Waals surface area contributed by atoms with E-state index in [0.29, 0.717) is 0 Å². The van der Waals surface area contributed by atoms with E-state index in [1.165, 1.54) is 33.0 Å². The zero-order valence-electron chi connectivity index (χ0n) is 19.4. The van der Waals surface area contributed by atoms with Crippen molar-refractivity contribution >= 4 is 10.8 Å². The fraction of sp³-hybridized carbons (Fsp3) is 0.200. The summed E-state index contributed by atoms with van der Waals surface area (Å²) in [5.74, 6) is 0. The summed E-state index contributed by atoms with van der Waals surface area (Å²) in [4.78, 5) is 0. The molecular formula is C30H30N4+2. The summed E-state index contributed by atoms with van der Waals surface area (Å²) in [6.45, 7) is 3.65. The zero-order valence-corrected chi connectivity index (χ0v) is 19.4. The Kier molecular flexibility index (Phi) is 5.56. The molecule has 2 heterocycles. The van der Waals surface area contributed by atoms with Gasteiger partial charge in [0.25, 0.3) is 0 Å². The Balaban J connectivity index is 1.24. The lowest BCUT2D eigenvalue weighted by molar-refractivity contribution is -0.688. The fourth-order valence-corrected chi connectivity index (χ4v) is 5.10. The smallest absolute Gasteiger partial charge is 0.233 e. The van der Waals surface area contributed by atoms with Gasteiger partial charge in [-0.05, 0) is 34.8 Å². The summed E-state index contributed by atoms with van der Waals surface area (Å²) in [5, 5.41) is 2.68. The minimum atomic E-state index is 0.867. The molecule has 2 aromatic heterocycles. The predicted molar refractivity (Wildman–Crippen MR) is 135 cm³/mol. The average Bonchev–Trinajstić information content (AvgIpc) is 3.65. The third-order valence-electron chi connectivity index (χ3n) is 6.74. The summed E-state index contributed by atoms with van der Waals surface area (Å²) in [6.07, 6.45) is 28.5. The average molecular weight is 447 g/mol. The lowest BCUT2D eigenvalue weighted by Crippen LogP contribution is -2.31. The zero-order chi connectivity index (χ0) is 22.7. The molecule has 0 spiro atoms. The number of hydrogen-bond acceptors (Lipinski definition) is 0. The summed E-state index contributed by atoms with van der Waals surface area (Å²) in [5.41, 5.74) is 5.64. The summed E-state index contributed by atoms with van der Waals surface area (Å²) in [6, 6.07) is 13.4. The molecule has 0 amide bonds. The van der Waals surface area contributed by atoms with Crippen LogP contribution < -0.4 is 9.13 Å². The van der Waals surface area contributed by atoms with Gasteiger partial charge in [0.05, 0.1) is 0 Å². The number of benzene rings is 2. The Bertz CT molecular complexity index is 1350. The highest BCUT2D eigenvalue weighted by molar-refractivity contribution is 5.89. The molecule has 4 heteroatoms. The van der Waals surface area contributed by atoms with Crippen LogP contribution in [0.25, 0.3) is 10.8 Å². The van der Waals surface area contributed by atoms with Crippen molar-refractivity contribution in [1.29, 1.82) is 0 Å². The van der Waals surface area contributed by atoms with Crippen LogP contribution in [-0.2, 0) is 26.2 Å². The van der Waals surface area contributed by atoms with E-state index in [1.54, 1.807) is 0 Å². The molecule has 0 aliphatic heterocycles. The van der Waals surface area contributed by atoms with E-state index in [-0.39, 0.29) is 0 Å². The number of aromatic nitrogens is 4. The molecule has 0 atom stereocenters. The monoisotopic (exact) mass is 446 g/mol. The maximum absolute atomic E-state index is 2.29. The van der Waals surface area contributed by atoms with Crippen LogP contribution in [0.3, 0.4) is 0 Å². The number of nitrogens with zero attached hydrogens (tertiary/aromatic N) is 4. The number of imidazole rings is 2. The summed E-state index contributed by atoms with van der Waals surface area (Å²) in [7, 11) is 0. The molecular weight excluding hydrogens is 416 g/mol. The second-order valence-electron chi connectivity index (χ2n) is 9.36. The van der Waals surface area contributed by atoms with E-state index in [2.05, 4.69) is 129 Å². The Morgan fingerprint density at radius 2 is 1.21 bits per heavy atom. The summed E-state index contributed by atoms with van der Waals surface area (Å²) < 4.78 is 9.14. The second-order valence-corrected chi connectivity index (χ2v) is 9.36. The molecule has 168 valence electrons. The number of rotatable bonds is 8. The van der Waals surface area contributed by atoms with Gasteiger partial charge in [0, 0.05) is 11.1 Å². The van der Waals surface area contributed by atoms with E-state index >= 15 is 0 Å². The van der Waals surface area contributed by atoms with Crippen LogP contribution in [0.4, 0.5) is 0 Å². The molecule has 0 fully saturated rings. The Hall–Kier alpha value is -3.92. The number of allylic oxidation sites excluding steroid dienone is 8. The lowest BCUT2D eigenvalue weighted by Gasteiger charge is -2.10. The molecule has 2 aliphatic rings. The largest absolute Gasteiger partial charge is 0.244 e. The predicted octanol–water partition coefficient (Wildman–Crippen LogP) is 4.89. The molecule has 0 radical (unpaired) electrons. The van der Waals surface area contributed by atoms with Gasteiger partial charge in [0.15, 0.2) is 0 Å². The van der Waals surface area contributed by atoms with Gasteiger partial charge < -0.3 is 0 Å². The Morgan fingerprint density at radius 3 is 1.68 bits per heavy atom. The highest BCUT2D eigenvalue weighted by Crippen LogP contribution is 2.25. The standard InChI is InChI=1S/C30H30N4/c1-2-8-25(7-1)19-31-15-17-33(23-31)21-28-13-5-11-27-12-6-14-29(30(27)28)22-34-18-16-32(24-34)20-26-9-3-4-10-26/h1-7,9,11-18,23-24H,8,10,19-22H2/q+2. The molecule has 34 heavy (non-hydrogen) atoms. The first-order valence-electron chi connectivity index (χ1n) is 12.1. The normalized spacial score (nSPS) is 14.8. The highest BCUT2D eigenvalue weighted by atomic mass is 15.1. The first-order valence-corrected chi connectivity index (χ1v) is 12.1. The molecule has 0 saturated heterocycles. The van der Waals surface area contributed by atoms with Gasteiger partial charge in [-0.15, -0.1) is 0 Å². The van der Waals surface area contributed by atoms with Crippen molar-refractivity contribution in [2.45, 2.75) is 39.0 Å². The van der Waals surface area contributed by atoms with Gasteiger partial charge in [-0.25, -0.2) is 18.3 Å². The van der Waals surface area contributed by atoms with Crippen molar-refractivity contribution < 1.29 is 9.13 Å². The topological polar surface area (TPSA) is 17.6 Å². The maximum atomic E-state index is 2.29. The van der Waals surface area contributed by atoms with Gasteiger partial charge in [0.2, 0.25) is 12.7 Å². The minimum absolute atomic E-state index is 0.867. The van der Waals surface area contributed by atoms with Gasteiger partial charge >= 0.3 is 0 Å². The van der Waals surface area contributed by atoms with E-state index in [1.807, 2.05) is 0 Å². The molecule has 2 aromatic carbocycles. The van der Waals surface area contributed by atoms with Crippen LogP contribution in [-0.4, -0.2) is 9.13 Å². The van der Waals surface area contributed by atoms with Crippen LogP contribution in [0, 0.1) is 0 Å².